The van der Waals surface area contributed by atoms with E-state index in [1.807, 2.05) is 24.3 Å². The van der Waals surface area contributed by atoms with Gasteiger partial charge >= 0.3 is 0 Å². The summed E-state index contributed by atoms with van der Waals surface area (Å²) in [6, 6.07) is 12.0. The Morgan fingerprint density at radius 1 is 1.19 bits per heavy atom. The first-order valence-corrected chi connectivity index (χ1v) is 8.26. The molecule has 0 fully saturated rings. The molecule has 0 aliphatic heterocycles. The van der Waals surface area contributed by atoms with E-state index in [0.717, 1.165) is 17.2 Å². The number of aryl methyl sites for hydroxylation is 2. The number of fused-ring (bicyclic) bond motifs is 1. The van der Waals surface area contributed by atoms with Gasteiger partial charge in [-0.3, -0.25) is 0 Å². The second kappa shape index (κ2) is 6.96. The van der Waals surface area contributed by atoms with Gasteiger partial charge in [0.1, 0.15) is 12.4 Å². The molecule has 4 heteroatoms. The molecule has 0 amide bonds. The number of thioether (sulfide) groups is 1. The molecule has 0 saturated heterocycles. The van der Waals surface area contributed by atoms with Crippen LogP contribution >= 0.6 is 11.8 Å². The van der Waals surface area contributed by atoms with E-state index in [-0.39, 0.29) is 0 Å². The summed E-state index contributed by atoms with van der Waals surface area (Å²) >= 11 is 1.54. The average molecular weight is 301 g/mol. The molecule has 110 valence electrons. The van der Waals surface area contributed by atoms with Crippen LogP contribution in [0.25, 0.3) is 0 Å². The van der Waals surface area contributed by atoms with Gasteiger partial charge in [-0.15, -0.1) is 11.8 Å². The lowest BCUT2D eigenvalue weighted by Gasteiger charge is -2.12. The summed E-state index contributed by atoms with van der Waals surface area (Å²) < 4.78 is 5.70. The molecule has 3 nitrogen and oxygen atoms in total. The lowest BCUT2D eigenvalue weighted by molar-refractivity contribution is 0.126. The smallest absolute Gasteiger partial charge is 0.119 e. The lowest BCUT2D eigenvalue weighted by Crippen LogP contribution is -2.20. The van der Waals surface area contributed by atoms with E-state index in [1.54, 1.807) is 18.0 Å². The Morgan fingerprint density at radius 3 is 2.95 bits per heavy atom. The highest BCUT2D eigenvalue weighted by atomic mass is 32.2. The van der Waals surface area contributed by atoms with Crippen LogP contribution in [0.4, 0.5) is 0 Å². The van der Waals surface area contributed by atoms with Gasteiger partial charge in [0, 0.05) is 11.9 Å². The van der Waals surface area contributed by atoms with Crippen LogP contribution in [0.15, 0.2) is 47.6 Å². The second-order valence-electron chi connectivity index (χ2n) is 5.23. The van der Waals surface area contributed by atoms with Gasteiger partial charge < -0.3 is 9.84 Å². The summed E-state index contributed by atoms with van der Waals surface area (Å²) in [6.45, 7) is 0.318. The van der Waals surface area contributed by atoms with E-state index >= 15 is 0 Å². The maximum atomic E-state index is 9.99. The third-order valence-corrected chi connectivity index (χ3v) is 4.66. The van der Waals surface area contributed by atoms with Crippen molar-refractivity contribution in [3.63, 3.8) is 0 Å². The van der Waals surface area contributed by atoms with E-state index < -0.39 is 6.10 Å². The zero-order chi connectivity index (χ0) is 14.5. The van der Waals surface area contributed by atoms with Gasteiger partial charge in [0.15, 0.2) is 0 Å². The van der Waals surface area contributed by atoms with Crippen LogP contribution in [0.1, 0.15) is 17.5 Å². The summed E-state index contributed by atoms with van der Waals surface area (Å²) in [4.78, 5) is 4.22. The van der Waals surface area contributed by atoms with Crippen molar-refractivity contribution in [2.24, 2.45) is 0 Å². The standard InChI is InChI=1S/C17H19NO2S/c19-15(12-21-17-6-1-2-9-18-17)11-20-16-8-7-13-4-3-5-14(13)10-16/h1-2,6-10,15,19H,3-5,11-12H2. The fraction of sp³-hybridized carbons (Fsp3) is 0.353. The number of benzene rings is 1. The van der Waals surface area contributed by atoms with Crippen LogP contribution in [0, 0.1) is 0 Å². The number of aromatic nitrogens is 1. The average Bonchev–Trinajstić information content (AvgIpc) is 2.99. The van der Waals surface area contributed by atoms with E-state index in [0.29, 0.717) is 12.4 Å². The Kier molecular flexibility index (Phi) is 4.78. The minimum absolute atomic E-state index is 0.318. The molecule has 2 aromatic rings. The first kappa shape index (κ1) is 14.4. The Bertz CT molecular complexity index is 589. The van der Waals surface area contributed by atoms with Crippen molar-refractivity contribution in [2.45, 2.75) is 30.4 Å². The first-order chi connectivity index (χ1) is 10.3. The minimum atomic E-state index is -0.495. The van der Waals surface area contributed by atoms with Crippen molar-refractivity contribution in [1.82, 2.24) is 4.98 Å². The first-order valence-electron chi connectivity index (χ1n) is 7.28. The quantitative estimate of drug-likeness (QED) is 0.833. The highest BCUT2D eigenvalue weighted by Crippen LogP contribution is 2.26. The predicted octanol–water partition coefficient (Wildman–Crippen LogP) is 3.10. The number of aliphatic hydroxyl groups is 1. The molecule has 0 spiro atoms. The number of nitrogens with zero attached hydrogens (tertiary/aromatic N) is 1. The third-order valence-electron chi connectivity index (χ3n) is 3.57. The number of aliphatic hydroxyl groups excluding tert-OH is 1. The summed E-state index contributed by atoms with van der Waals surface area (Å²) in [7, 11) is 0. The highest BCUT2D eigenvalue weighted by Gasteiger charge is 2.12. The third kappa shape index (κ3) is 3.99. The van der Waals surface area contributed by atoms with Gasteiger partial charge in [-0.25, -0.2) is 4.98 Å². The van der Waals surface area contributed by atoms with E-state index in [4.69, 9.17) is 4.74 Å². The summed E-state index contributed by atoms with van der Waals surface area (Å²) in [5, 5.41) is 10.9. The predicted molar refractivity (Wildman–Crippen MR) is 84.9 cm³/mol. The topological polar surface area (TPSA) is 42.4 Å². The molecular formula is C17H19NO2S. The fourth-order valence-corrected chi connectivity index (χ4v) is 3.26. The van der Waals surface area contributed by atoms with Gasteiger partial charge in [-0.05, 0) is 54.7 Å². The van der Waals surface area contributed by atoms with Crippen LogP contribution in [0.2, 0.25) is 0 Å². The molecule has 3 rings (SSSR count). The van der Waals surface area contributed by atoms with Crippen LogP contribution in [-0.4, -0.2) is 28.6 Å². The molecule has 1 N–H and O–H groups in total. The van der Waals surface area contributed by atoms with Crippen LogP contribution < -0.4 is 4.74 Å². The second-order valence-corrected chi connectivity index (χ2v) is 6.27. The molecule has 0 radical (unpaired) electrons. The zero-order valence-corrected chi connectivity index (χ0v) is 12.7. The number of pyridine rings is 1. The maximum absolute atomic E-state index is 9.99. The fourth-order valence-electron chi connectivity index (χ4n) is 2.49. The van der Waals surface area contributed by atoms with Crippen LogP contribution in [-0.2, 0) is 12.8 Å². The maximum Gasteiger partial charge on any atom is 0.119 e. The molecule has 1 aliphatic carbocycles. The van der Waals surface area contributed by atoms with Gasteiger partial charge in [0.25, 0.3) is 0 Å². The highest BCUT2D eigenvalue weighted by molar-refractivity contribution is 7.99. The van der Waals surface area contributed by atoms with Crippen molar-refractivity contribution >= 4 is 11.8 Å². The van der Waals surface area contributed by atoms with Gasteiger partial charge in [0.05, 0.1) is 11.1 Å². The SMILES string of the molecule is OC(COc1ccc2c(c1)CCC2)CSc1ccccn1. The summed E-state index contributed by atoms with van der Waals surface area (Å²) in [5.74, 6) is 1.44. The number of ether oxygens (including phenoxy) is 1. The Labute approximate surface area is 129 Å². The molecule has 0 bridgehead atoms. The lowest BCUT2D eigenvalue weighted by atomic mass is 10.1. The molecule has 1 heterocycles. The van der Waals surface area contributed by atoms with Crippen molar-refractivity contribution in [1.29, 1.82) is 0 Å². The van der Waals surface area contributed by atoms with Crippen LogP contribution in [0.3, 0.4) is 0 Å². The molecule has 1 aromatic heterocycles. The molecule has 0 saturated carbocycles. The summed E-state index contributed by atoms with van der Waals surface area (Å²) in [5.41, 5.74) is 2.83. The Hall–Kier alpha value is -1.52. The summed E-state index contributed by atoms with van der Waals surface area (Å²) in [6.07, 6.45) is 4.83. The van der Waals surface area contributed by atoms with E-state index in [9.17, 15) is 5.11 Å². The molecule has 21 heavy (non-hydrogen) atoms. The minimum Gasteiger partial charge on any atom is -0.491 e. The number of hydrogen-bond acceptors (Lipinski definition) is 4. The van der Waals surface area contributed by atoms with Gasteiger partial charge in [0.2, 0.25) is 0 Å². The molecule has 1 unspecified atom stereocenters. The number of hydrogen-bond donors (Lipinski definition) is 1. The van der Waals surface area contributed by atoms with Crippen molar-refractivity contribution < 1.29 is 9.84 Å². The van der Waals surface area contributed by atoms with Crippen molar-refractivity contribution in [3.05, 3.63) is 53.7 Å². The van der Waals surface area contributed by atoms with Crippen molar-refractivity contribution in [2.75, 3.05) is 12.4 Å². The van der Waals surface area contributed by atoms with Crippen molar-refractivity contribution in [3.8, 4) is 5.75 Å². The van der Waals surface area contributed by atoms with E-state index in [2.05, 4.69) is 17.1 Å². The van der Waals surface area contributed by atoms with Crippen LogP contribution in [0.5, 0.6) is 5.75 Å². The van der Waals surface area contributed by atoms with Gasteiger partial charge in [-0.2, -0.15) is 0 Å². The molecule has 1 aliphatic rings. The Balaban J connectivity index is 1.46. The van der Waals surface area contributed by atoms with Gasteiger partial charge in [-0.1, -0.05) is 12.1 Å². The molecule has 1 atom stereocenters. The molecular weight excluding hydrogens is 282 g/mol. The zero-order valence-electron chi connectivity index (χ0n) is 11.9. The monoisotopic (exact) mass is 301 g/mol. The largest absolute Gasteiger partial charge is 0.491 e. The normalized spacial score (nSPS) is 14.7. The molecule has 1 aromatic carbocycles. The van der Waals surface area contributed by atoms with E-state index in [1.165, 1.54) is 24.0 Å². The Morgan fingerprint density at radius 2 is 2.10 bits per heavy atom. The number of rotatable bonds is 6.